The Labute approximate surface area is 105 Å². The summed E-state index contributed by atoms with van der Waals surface area (Å²) < 4.78 is 0. The van der Waals surface area contributed by atoms with E-state index in [4.69, 9.17) is 0 Å². The second kappa shape index (κ2) is 5.44. The SMILES string of the molecule is CCCC1CCN(C(=O)c2nnc(NC)s2)C1. The first-order valence-electron chi connectivity index (χ1n) is 6.05. The van der Waals surface area contributed by atoms with Crippen LogP contribution in [-0.2, 0) is 0 Å². The van der Waals surface area contributed by atoms with Crippen molar-refractivity contribution < 1.29 is 4.79 Å². The molecule has 0 spiro atoms. The summed E-state index contributed by atoms with van der Waals surface area (Å²) in [6, 6.07) is 0. The molecule has 1 aliphatic rings. The van der Waals surface area contributed by atoms with Gasteiger partial charge in [0, 0.05) is 20.1 Å². The van der Waals surface area contributed by atoms with Crippen LogP contribution in [0.5, 0.6) is 0 Å². The van der Waals surface area contributed by atoms with Crippen molar-refractivity contribution in [1.29, 1.82) is 0 Å². The predicted molar refractivity (Wildman–Crippen MR) is 68.4 cm³/mol. The zero-order chi connectivity index (χ0) is 12.3. The molecule has 1 N–H and O–H groups in total. The minimum Gasteiger partial charge on any atom is -0.363 e. The van der Waals surface area contributed by atoms with Gasteiger partial charge in [-0.15, -0.1) is 10.2 Å². The fourth-order valence-corrected chi connectivity index (χ4v) is 2.87. The summed E-state index contributed by atoms with van der Waals surface area (Å²) in [7, 11) is 1.78. The van der Waals surface area contributed by atoms with E-state index in [9.17, 15) is 4.79 Å². The molecule has 0 radical (unpaired) electrons. The molecular formula is C11H18N4OS. The van der Waals surface area contributed by atoms with E-state index in [0.717, 1.165) is 19.5 Å². The molecule has 6 heteroatoms. The number of carbonyl (C=O) groups is 1. The molecule has 0 aliphatic carbocycles. The largest absolute Gasteiger partial charge is 0.363 e. The van der Waals surface area contributed by atoms with Crippen LogP contribution in [0.3, 0.4) is 0 Å². The van der Waals surface area contributed by atoms with Crippen LogP contribution in [0.2, 0.25) is 0 Å². The van der Waals surface area contributed by atoms with Crippen LogP contribution < -0.4 is 5.32 Å². The lowest BCUT2D eigenvalue weighted by Gasteiger charge is -2.14. The number of nitrogens with zero attached hydrogens (tertiary/aromatic N) is 3. The first-order valence-corrected chi connectivity index (χ1v) is 6.86. The highest BCUT2D eigenvalue weighted by Gasteiger charge is 2.28. The van der Waals surface area contributed by atoms with Crippen molar-refractivity contribution in [2.24, 2.45) is 5.92 Å². The highest BCUT2D eigenvalue weighted by atomic mass is 32.1. The lowest BCUT2D eigenvalue weighted by atomic mass is 10.0. The molecule has 1 saturated heterocycles. The van der Waals surface area contributed by atoms with E-state index in [-0.39, 0.29) is 5.91 Å². The molecule has 1 aromatic rings. The molecule has 94 valence electrons. The Kier molecular flexibility index (Phi) is 3.93. The van der Waals surface area contributed by atoms with Crippen molar-refractivity contribution >= 4 is 22.4 Å². The highest BCUT2D eigenvalue weighted by Crippen LogP contribution is 2.24. The molecule has 5 nitrogen and oxygen atoms in total. The predicted octanol–water partition coefficient (Wildman–Crippen LogP) is 1.84. The molecule has 2 heterocycles. The number of amides is 1. The summed E-state index contributed by atoms with van der Waals surface area (Å²) in [5, 5.41) is 11.9. The van der Waals surface area contributed by atoms with Gasteiger partial charge < -0.3 is 10.2 Å². The molecule has 1 amide bonds. The Bertz CT molecular complexity index is 393. The maximum atomic E-state index is 12.1. The third-order valence-corrected chi connectivity index (χ3v) is 4.02. The van der Waals surface area contributed by atoms with E-state index >= 15 is 0 Å². The lowest BCUT2D eigenvalue weighted by Crippen LogP contribution is -2.28. The molecule has 2 rings (SSSR count). The maximum absolute atomic E-state index is 12.1. The van der Waals surface area contributed by atoms with E-state index in [2.05, 4.69) is 22.4 Å². The van der Waals surface area contributed by atoms with E-state index in [1.165, 1.54) is 24.2 Å². The monoisotopic (exact) mass is 254 g/mol. The van der Waals surface area contributed by atoms with Gasteiger partial charge in [-0.2, -0.15) is 0 Å². The van der Waals surface area contributed by atoms with Crippen molar-refractivity contribution in [3.05, 3.63) is 5.01 Å². The maximum Gasteiger partial charge on any atom is 0.284 e. The second-order valence-electron chi connectivity index (χ2n) is 4.36. The average molecular weight is 254 g/mol. The molecule has 1 atom stereocenters. The molecule has 1 unspecified atom stereocenters. The first kappa shape index (κ1) is 12.3. The zero-order valence-corrected chi connectivity index (χ0v) is 11.1. The second-order valence-corrected chi connectivity index (χ2v) is 5.33. The van der Waals surface area contributed by atoms with Crippen LogP contribution >= 0.6 is 11.3 Å². The van der Waals surface area contributed by atoms with Crippen LogP contribution in [-0.4, -0.2) is 41.1 Å². The topological polar surface area (TPSA) is 58.1 Å². The van der Waals surface area contributed by atoms with Gasteiger partial charge in [0.1, 0.15) is 0 Å². The van der Waals surface area contributed by atoms with Gasteiger partial charge >= 0.3 is 0 Å². The summed E-state index contributed by atoms with van der Waals surface area (Å²) in [4.78, 5) is 14.0. The Hall–Kier alpha value is -1.17. The summed E-state index contributed by atoms with van der Waals surface area (Å²) in [5.74, 6) is 0.697. The van der Waals surface area contributed by atoms with Gasteiger partial charge in [0.2, 0.25) is 10.1 Å². The Morgan fingerprint density at radius 1 is 1.59 bits per heavy atom. The number of hydrogen-bond acceptors (Lipinski definition) is 5. The van der Waals surface area contributed by atoms with Crippen LogP contribution in [0.15, 0.2) is 0 Å². The number of carbonyl (C=O) groups excluding carboxylic acids is 1. The normalized spacial score (nSPS) is 19.6. The van der Waals surface area contributed by atoms with Crippen LogP contribution in [0.4, 0.5) is 5.13 Å². The van der Waals surface area contributed by atoms with E-state index in [1.54, 1.807) is 7.05 Å². The number of nitrogens with one attached hydrogen (secondary N) is 1. The highest BCUT2D eigenvalue weighted by molar-refractivity contribution is 7.17. The molecule has 17 heavy (non-hydrogen) atoms. The third-order valence-electron chi connectivity index (χ3n) is 3.09. The third kappa shape index (κ3) is 2.74. The van der Waals surface area contributed by atoms with E-state index in [1.807, 2.05) is 4.90 Å². The average Bonchev–Trinajstić information content (AvgIpc) is 2.97. The first-order chi connectivity index (χ1) is 8.24. The zero-order valence-electron chi connectivity index (χ0n) is 10.3. The molecule has 1 aromatic heterocycles. The van der Waals surface area contributed by atoms with Crippen molar-refractivity contribution in [2.45, 2.75) is 26.2 Å². The lowest BCUT2D eigenvalue weighted by molar-refractivity contribution is 0.0785. The van der Waals surface area contributed by atoms with Gasteiger partial charge in [-0.1, -0.05) is 24.7 Å². The van der Waals surface area contributed by atoms with Gasteiger partial charge in [-0.05, 0) is 18.8 Å². The molecule has 1 aliphatic heterocycles. The number of hydrogen-bond donors (Lipinski definition) is 1. The minimum atomic E-state index is 0.0302. The number of rotatable bonds is 4. The quantitative estimate of drug-likeness (QED) is 0.890. The molecule has 1 fully saturated rings. The van der Waals surface area contributed by atoms with Gasteiger partial charge in [0.15, 0.2) is 0 Å². The van der Waals surface area contributed by atoms with Gasteiger partial charge in [-0.25, -0.2) is 0 Å². The molecular weight excluding hydrogens is 236 g/mol. The van der Waals surface area contributed by atoms with Crippen LogP contribution in [0.25, 0.3) is 0 Å². The Balaban J connectivity index is 1.96. The number of anilines is 1. The molecule has 0 saturated carbocycles. The minimum absolute atomic E-state index is 0.0302. The summed E-state index contributed by atoms with van der Waals surface area (Å²) in [6.45, 7) is 3.92. The number of likely N-dealkylation sites (tertiary alicyclic amines) is 1. The van der Waals surface area contributed by atoms with E-state index < -0.39 is 0 Å². The number of aromatic nitrogens is 2. The standard InChI is InChI=1S/C11H18N4OS/c1-3-4-8-5-6-15(7-8)10(16)9-13-14-11(12-2)17-9/h8H,3-7H2,1-2H3,(H,12,14). The summed E-state index contributed by atoms with van der Waals surface area (Å²) in [5.41, 5.74) is 0. The van der Waals surface area contributed by atoms with Gasteiger partial charge in [0.25, 0.3) is 5.91 Å². The van der Waals surface area contributed by atoms with Crippen molar-refractivity contribution in [3.63, 3.8) is 0 Å². The molecule has 0 bridgehead atoms. The summed E-state index contributed by atoms with van der Waals surface area (Å²) >= 11 is 1.32. The van der Waals surface area contributed by atoms with Crippen molar-refractivity contribution in [1.82, 2.24) is 15.1 Å². The fraction of sp³-hybridized carbons (Fsp3) is 0.727. The molecule has 0 aromatic carbocycles. The van der Waals surface area contributed by atoms with E-state index in [0.29, 0.717) is 16.1 Å². The van der Waals surface area contributed by atoms with Gasteiger partial charge in [0.05, 0.1) is 0 Å². The smallest absolute Gasteiger partial charge is 0.284 e. The van der Waals surface area contributed by atoms with Crippen molar-refractivity contribution in [2.75, 3.05) is 25.5 Å². The Morgan fingerprint density at radius 3 is 3.06 bits per heavy atom. The Morgan fingerprint density at radius 2 is 2.41 bits per heavy atom. The van der Waals surface area contributed by atoms with Crippen LogP contribution in [0, 0.1) is 5.92 Å². The van der Waals surface area contributed by atoms with Crippen LogP contribution in [0.1, 0.15) is 36.0 Å². The summed E-state index contributed by atoms with van der Waals surface area (Å²) in [6.07, 6.45) is 3.52. The fourth-order valence-electron chi connectivity index (χ4n) is 2.21. The van der Waals surface area contributed by atoms with Gasteiger partial charge in [-0.3, -0.25) is 4.79 Å². The van der Waals surface area contributed by atoms with Crippen molar-refractivity contribution in [3.8, 4) is 0 Å².